The fourth-order valence-corrected chi connectivity index (χ4v) is 4.07. The van der Waals surface area contributed by atoms with E-state index in [0.29, 0.717) is 39.9 Å². The molecule has 0 spiro atoms. The number of nitrogens with zero attached hydrogens (tertiary/aromatic N) is 1. The van der Waals surface area contributed by atoms with Gasteiger partial charge in [-0.15, -0.1) is 11.3 Å². The lowest BCUT2D eigenvalue weighted by Gasteiger charge is -2.10. The highest BCUT2D eigenvalue weighted by atomic mass is 35.5. The predicted octanol–water partition coefficient (Wildman–Crippen LogP) is 4.50. The molecule has 4 rings (SSSR count). The molecule has 1 aliphatic rings. The fraction of sp³-hybridized carbons (Fsp3) is 0.190. The molecule has 1 aliphatic heterocycles. The Morgan fingerprint density at radius 3 is 2.76 bits per heavy atom. The second-order valence-corrected chi connectivity index (χ2v) is 7.95. The van der Waals surface area contributed by atoms with Gasteiger partial charge in [0.05, 0.1) is 22.8 Å². The van der Waals surface area contributed by atoms with Crippen LogP contribution in [-0.2, 0) is 17.6 Å². The Bertz CT molecular complexity index is 1100. The number of anilines is 1. The van der Waals surface area contributed by atoms with Crippen LogP contribution in [0, 0.1) is 0 Å². The van der Waals surface area contributed by atoms with Gasteiger partial charge in [0.2, 0.25) is 12.7 Å². The summed E-state index contributed by atoms with van der Waals surface area (Å²) >= 11 is 7.52. The zero-order chi connectivity index (χ0) is 20.4. The van der Waals surface area contributed by atoms with E-state index in [1.165, 1.54) is 18.3 Å². The number of hydrogen-bond acceptors (Lipinski definition) is 6. The second-order valence-electron chi connectivity index (χ2n) is 6.57. The molecule has 1 N–H and O–H groups in total. The smallest absolute Gasteiger partial charge is 0.231 e. The van der Waals surface area contributed by atoms with Crippen LogP contribution >= 0.6 is 22.9 Å². The number of ether oxygens (including phenoxy) is 2. The highest BCUT2D eigenvalue weighted by molar-refractivity contribution is 7.09. The van der Waals surface area contributed by atoms with Crippen LogP contribution in [0.3, 0.4) is 0 Å². The Labute approximate surface area is 176 Å². The van der Waals surface area contributed by atoms with E-state index in [2.05, 4.69) is 10.3 Å². The first-order valence-electron chi connectivity index (χ1n) is 8.90. The maximum Gasteiger partial charge on any atom is 0.231 e. The molecule has 0 atom stereocenters. The van der Waals surface area contributed by atoms with Crippen LogP contribution in [0.4, 0.5) is 5.69 Å². The quantitative estimate of drug-likeness (QED) is 0.585. The number of amides is 1. The third kappa shape index (κ3) is 4.58. The number of nitrogens with one attached hydrogen (secondary N) is 1. The van der Waals surface area contributed by atoms with E-state index in [0.717, 1.165) is 10.6 Å². The Morgan fingerprint density at radius 2 is 2.00 bits per heavy atom. The minimum atomic E-state index is -0.258. The summed E-state index contributed by atoms with van der Waals surface area (Å²) in [6.45, 7) is 1.54. The van der Waals surface area contributed by atoms with Crippen LogP contribution in [0.25, 0.3) is 0 Å². The molecule has 2 heterocycles. The van der Waals surface area contributed by atoms with Crippen molar-refractivity contribution in [2.45, 2.75) is 19.8 Å². The Kier molecular flexibility index (Phi) is 5.51. The second kappa shape index (κ2) is 8.23. The lowest BCUT2D eigenvalue weighted by atomic mass is 10.1. The van der Waals surface area contributed by atoms with Crippen molar-refractivity contribution in [2.75, 3.05) is 12.1 Å². The van der Waals surface area contributed by atoms with E-state index in [1.54, 1.807) is 12.1 Å². The summed E-state index contributed by atoms with van der Waals surface area (Å²) in [5.74, 6) is 0.572. The van der Waals surface area contributed by atoms with E-state index in [1.807, 2.05) is 29.6 Å². The largest absolute Gasteiger partial charge is 0.454 e. The molecule has 8 heteroatoms. The standard InChI is InChI=1S/C21H17ClN2O4S/c1-12(25)16-8-18-19(28-11-27-18)9-17(16)24-20(26)7-15-10-29-21(23-15)6-13-3-2-4-14(22)5-13/h2-5,8-10H,6-7,11H2,1H3,(H,24,26). The topological polar surface area (TPSA) is 77.5 Å². The number of Topliss-reactive ketones (excluding diaryl/α,β-unsaturated/α-hetero) is 1. The maximum atomic E-state index is 12.5. The number of fused-ring (bicyclic) bond motifs is 1. The van der Waals surface area contributed by atoms with E-state index in [-0.39, 0.29) is 24.9 Å². The number of rotatable bonds is 6. The number of aromatic nitrogens is 1. The number of carbonyl (C=O) groups excluding carboxylic acids is 2. The number of thiazole rings is 1. The normalized spacial score (nSPS) is 12.1. The zero-order valence-corrected chi connectivity index (χ0v) is 17.1. The molecule has 1 amide bonds. The molecule has 148 valence electrons. The van der Waals surface area contributed by atoms with Crippen LogP contribution in [0.2, 0.25) is 5.02 Å². The Morgan fingerprint density at radius 1 is 1.21 bits per heavy atom. The number of ketones is 1. The zero-order valence-electron chi connectivity index (χ0n) is 15.5. The van der Waals surface area contributed by atoms with Crippen molar-refractivity contribution < 1.29 is 19.1 Å². The van der Waals surface area contributed by atoms with Crippen molar-refractivity contribution in [3.8, 4) is 11.5 Å². The molecule has 0 saturated heterocycles. The van der Waals surface area contributed by atoms with Crippen molar-refractivity contribution in [1.82, 2.24) is 4.98 Å². The van der Waals surface area contributed by atoms with Crippen molar-refractivity contribution >= 4 is 40.3 Å². The van der Waals surface area contributed by atoms with Gasteiger partial charge in [0.15, 0.2) is 17.3 Å². The third-order valence-corrected chi connectivity index (χ3v) is 5.48. The van der Waals surface area contributed by atoms with Gasteiger partial charge in [-0.1, -0.05) is 23.7 Å². The number of hydrogen-bond donors (Lipinski definition) is 1. The first kappa shape index (κ1) is 19.4. The minimum absolute atomic E-state index is 0.0955. The van der Waals surface area contributed by atoms with Gasteiger partial charge in [0.25, 0.3) is 0 Å². The van der Waals surface area contributed by atoms with Gasteiger partial charge < -0.3 is 14.8 Å². The molecule has 1 aromatic heterocycles. The molecule has 6 nitrogen and oxygen atoms in total. The molecule has 0 unspecified atom stereocenters. The van der Waals surface area contributed by atoms with Crippen molar-refractivity contribution in [2.24, 2.45) is 0 Å². The average molecular weight is 429 g/mol. The highest BCUT2D eigenvalue weighted by Gasteiger charge is 2.20. The summed E-state index contributed by atoms with van der Waals surface area (Å²) in [5.41, 5.74) is 2.52. The summed E-state index contributed by atoms with van der Waals surface area (Å²) in [6.07, 6.45) is 0.765. The number of carbonyl (C=O) groups is 2. The first-order chi connectivity index (χ1) is 14.0. The summed E-state index contributed by atoms with van der Waals surface area (Å²) in [7, 11) is 0. The van der Waals surface area contributed by atoms with Gasteiger partial charge in [0, 0.05) is 28.5 Å². The molecule has 0 saturated carbocycles. The molecular formula is C21H17ClN2O4S. The van der Waals surface area contributed by atoms with Gasteiger partial charge >= 0.3 is 0 Å². The van der Waals surface area contributed by atoms with Gasteiger partial charge in [-0.2, -0.15) is 0 Å². The lowest BCUT2D eigenvalue weighted by molar-refractivity contribution is -0.115. The monoisotopic (exact) mass is 428 g/mol. The van der Waals surface area contributed by atoms with Crippen LogP contribution in [0.15, 0.2) is 41.8 Å². The van der Waals surface area contributed by atoms with E-state index >= 15 is 0 Å². The summed E-state index contributed by atoms with van der Waals surface area (Å²) in [4.78, 5) is 29.0. The summed E-state index contributed by atoms with van der Waals surface area (Å²) < 4.78 is 10.6. The number of halogens is 1. The van der Waals surface area contributed by atoms with Crippen LogP contribution in [0.1, 0.15) is 33.5 Å². The van der Waals surface area contributed by atoms with Crippen molar-refractivity contribution in [3.63, 3.8) is 0 Å². The first-order valence-corrected chi connectivity index (χ1v) is 10.2. The van der Waals surface area contributed by atoms with Gasteiger partial charge in [-0.3, -0.25) is 9.59 Å². The Hall–Kier alpha value is -2.90. The van der Waals surface area contributed by atoms with E-state index in [4.69, 9.17) is 21.1 Å². The minimum Gasteiger partial charge on any atom is -0.454 e. The summed E-state index contributed by atoms with van der Waals surface area (Å²) in [5, 5.41) is 6.24. The molecule has 0 aliphatic carbocycles. The molecule has 29 heavy (non-hydrogen) atoms. The molecule has 0 fully saturated rings. The van der Waals surface area contributed by atoms with Gasteiger partial charge in [0.1, 0.15) is 0 Å². The Balaban J connectivity index is 1.44. The van der Waals surface area contributed by atoms with E-state index < -0.39 is 0 Å². The fourth-order valence-electron chi connectivity index (χ4n) is 3.03. The van der Waals surface area contributed by atoms with Crippen LogP contribution in [0.5, 0.6) is 11.5 Å². The molecular weight excluding hydrogens is 412 g/mol. The van der Waals surface area contributed by atoms with Crippen molar-refractivity contribution in [1.29, 1.82) is 0 Å². The molecule has 3 aromatic rings. The van der Waals surface area contributed by atoms with Crippen LogP contribution in [-0.4, -0.2) is 23.5 Å². The third-order valence-electron chi connectivity index (χ3n) is 4.35. The van der Waals surface area contributed by atoms with Crippen molar-refractivity contribution in [3.05, 3.63) is 68.6 Å². The SMILES string of the molecule is CC(=O)c1cc2c(cc1NC(=O)Cc1csc(Cc3cccc(Cl)c3)n1)OCO2. The van der Waals surface area contributed by atoms with Gasteiger partial charge in [-0.05, 0) is 30.7 Å². The molecule has 2 aromatic carbocycles. The van der Waals surface area contributed by atoms with Gasteiger partial charge in [-0.25, -0.2) is 4.98 Å². The lowest BCUT2D eigenvalue weighted by Crippen LogP contribution is -2.16. The highest BCUT2D eigenvalue weighted by Crippen LogP contribution is 2.37. The molecule has 0 bridgehead atoms. The summed E-state index contributed by atoms with van der Waals surface area (Å²) in [6, 6.07) is 10.8. The molecule has 0 radical (unpaired) electrons. The maximum absolute atomic E-state index is 12.5. The van der Waals surface area contributed by atoms with E-state index in [9.17, 15) is 9.59 Å². The number of benzene rings is 2. The van der Waals surface area contributed by atoms with Crippen LogP contribution < -0.4 is 14.8 Å². The average Bonchev–Trinajstić information content (AvgIpc) is 3.29. The predicted molar refractivity (Wildman–Crippen MR) is 111 cm³/mol.